The molecule has 1 N–H and O–H groups in total. The van der Waals surface area contributed by atoms with E-state index in [1.807, 2.05) is 0 Å². The number of hydrogen-bond acceptors (Lipinski definition) is 4. The summed E-state index contributed by atoms with van der Waals surface area (Å²) in [5.41, 5.74) is 0. The van der Waals surface area contributed by atoms with E-state index in [2.05, 4.69) is 15.9 Å². The number of carboxylic acid groups (broad SMARTS) is 1. The summed E-state index contributed by atoms with van der Waals surface area (Å²) >= 11 is 3.25. The molecule has 0 aliphatic rings. The average molecular weight is 291 g/mol. The van der Waals surface area contributed by atoms with Crippen LogP contribution in [0.2, 0.25) is 0 Å². The first-order valence-electron chi connectivity index (χ1n) is 4.35. The topological polar surface area (TPSA) is 65.0 Å². The summed E-state index contributed by atoms with van der Waals surface area (Å²) in [7, 11) is 2.95. The lowest BCUT2D eigenvalue weighted by atomic mass is 10.3. The van der Waals surface area contributed by atoms with Gasteiger partial charge in [0, 0.05) is 0 Å². The number of rotatable bonds is 5. The Kier molecular flexibility index (Phi) is 4.42. The second-order valence-electron chi connectivity index (χ2n) is 2.79. The van der Waals surface area contributed by atoms with Crippen LogP contribution in [0, 0.1) is 0 Å². The smallest absolute Gasteiger partial charge is 0.341 e. The fourth-order valence-electron chi connectivity index (χ4n) is 1.14. The molecule has 0 spiro atoms. The minimum atomic E-state index is -1.06. The largest absolute Gasteiger partial charge is 0.493 e. The second kappa shape index (κ2) is 5.60. The molecule has 0 bridgehead atoms. The van der Waals surface area contributed by atoms with Gasteiger partial charge in [-0.15, -0.1) is 0 Å². The highest BCUT2D eigenvalue weighted by Gasteiger charge is 2.15. The molecule has 6 heteroatoms. The summed E-state index contributed by atoms with van der Waals surface area (Å²) < 4.78 is 15.9. The van der Waals surface area contributed by atoms with E-state index >= 15 is 0 Å². The summed E-state index contributed by atoms with van der Waals surface area (Å²) in [4.78, 5) is 10.4. The molecule has 5 nitrogen and oxygen atoms in total. The van der Waals surface area contributed by atoms with Crippen LogP contribution in [0.15, 0.2) is 16.6 Å². The fourth-order valence-corrected chi connectivity index (χ4v) is 1.57. The van der Waals surface area contributed by atoms with Crippen molar-refractivity contribution in [2.24, 2.45) is 0 Å². The lowest BCUT2D eigenvalue weighted by molar-refractivity contribution is -0.139. The zero-order valence-corrected chi connectivity index (χ0v) is 10.4. The van der Waals surface area contributed by atoms with Crippen LogP contribution in [0.1, 0.15) is 0 Å². The lowest BCUT2D eigenvalue weighted by Crippen LogP contribution is -2.10. The SMILES string of the molecule is COc1ccc(Br)c(OCC(=O)O)c1OC. The molecule has 0 aliphatic heterocycles. The van der Waals surface area contributed by atoms with Crippen molar-refractivity contribution >= 4 is 21.9 Å². The molecule has 0 fully saturated rings. The molecule has 0 unspecified atom stereocenters. The molecule has 0 aromatic heterocycles. The van der Waals surface area contributed by atoms with E-state index in [1.54, 1.807) is 12.1 Å². The van der Waals surface area contributed by atoms with E-state index in [4.69, 9.17) is 19.3 Å². The first kappa shape index (κ1) is 12.6. The molecule has 0 saturated heterocycles. The summed E-state index contributed by atoms with van der Waals surface area (Å²) in [6.45, 7) is -0.442. The van der Waals surface area contributed by atoms with Gasteiger partial charge in [0.2, 0.25) is 5.75 Å². The maximum Gasteiger partial charge on any atom is 0.341 e. The Morgan fingerprint density at radius 1 is 1.31 bits per heavy atom. The summed E-state index contributed by atoms with van der Waals surface area (Å²) in [6, 6.07) is 3.38. The number of aliphatic carboxylic acids is 1. The first-order valence-corrected chi connectivity index (χ1v) is 5.14. The third-order valence-corrected chi connectivity index (χ3v) is 2.42. The highest BCUT2D eigenvalue weighted by atomic mass is 79.9. The zero-order chi connectivity index (χ0) is 12.1. The predicted octanol–water partition coefficient (Wildman–Crippen LogP) is 1.93. The van der Waals surface area contributed by atoms with Crippen LogP contribution in [0.25, 0.3) is 0 Å². The fraction of sp³-hybridized carbons (Fsp3) is 0.300. The van der Waals surface area contributed by atoms with Gasteiger partial charge in [0.25, 0.3) is 0 Å². The number of hydrogen-bond donors (Lipinski definition) is 1. The maximum absolute atomic E-state index is 10.4. The molecule has 1 aromatic rings. The molecule has 0 radical (unpaired) electrons. The monoisotopic (exact) mass is 290 g/mol. The molecular formula is C10H11BrO5. The van der Waals surface area contributed by atoms with Crippen molar-refractivity contribution in [1.82, 2.24) is 0 Å². The van der Waals surface area contributed by atoms with Gasteiger partial charge in [-0.3, -0.25) is 0 Å². The van der Waals surface area contributed by atoms with Gasteiger partial charge in [-0.2, -0.15) is 0 Å². The molecule has 0 aliphatic carbocycles. The number of carbonyl (C=O) groups is 1. The predicted molar refractivity (Wildman–Crippen MR) is 60.4 cm³/mol. The summed E-state index contributed by atoms with van der Waals surface area (Å²) in [6.07, 6.45) is 0. The molecule has 0 atom stereocenters. The van der Waals surface area contributed by atoms with Crippen molar-refractivity contribution in [3.05, 3.63) is 16.6 Å². The van der Waals surface area contributed by atoms with Gasteiger partial charge in [0.15, 0.2) is 18.1 Å². The Morgan fingerprint density at radius 2 is 2.00 bits per heavy atom. The van der Waals surface area contributed by atoms with E-state index in [9.17, 15) is 4.79 Å². The van der Waals surface area contributed by atoms with Crippen LogP contribution < -0.4 is 14.2 Å². The molecule has 0 heterocycles. The van der Waals surface area contributed by atoms with Gasteiger partial charge in [0.1, 0.15) is 0 Å². The molecule has 16 heavy (non-hydrogen) atoms. The van der Waals surface area contributed by atoms with Crippen LogP contribution in [0.4, 0.5) is 0 Å². The maximum atomic E-state index is 10.4. The van der Waals surface area contributed by atoms with Crippen molar-refractivity contribution in [3.63, 3.8) is 0 Å². The van der Waals surface area contributed by atoms with Gasteiger partial charge < -0.3 is 19.3 Å². The van der Waals surface area contributed by atoms with Gasteiger partial charge in [0.05, 0.1) is 18.7 Å². The molecule has 0 amide bonds. The van der Waals surface area contributed by atoms with Crippen LogP contribution in [-0.2, 0) is 4.79 Å². The third kappa shape index (κ3) is 2.79. The summed E-state index contributed by atoms with van der Waals surface area (Å²) in [5, 5.41) is 8.54. The quantitative estimate of drug-likeness (QED) is 0.898. The Bertz CT molecular complexity index is 391. The van der Waals surface area contributed by atoms with Crippen molar-refractivity contribution < 1.29 is 24.1 Å². The first-order chi connectivity index (χ1) is 7.60. The van der Waals surface area contributed by atoms with Crippen LogP contribution in [-0.4, -0.2) is 31.9 Å². The van der Waals surface area contributed by atoms with Crippen molar-refractivity contribution in [3.8, 4) is 17.2 Å². The van der Waals surface area contributed by atoms with Gasteiger partial charge >= 0.3 is 5.97 Å². The summed E-state index contributed by atoms with van der Waals surface area (Å²) in [5.74, 6) is 0.0882. The zero-order valence-electron chi connectivity index (χ0n) is 8.82. The van der Waals surface area contributed by atoms with Crippen LogP contribution >= 0.6 is 15.9 Å². The standard InChI is InChI=1S/C10H11BrO5/c1-14-7-4-3-6(11)9(10(7)15-2)16-5-8(12)13/h3-4H,5H2,1-2H3,(H,12,13). The number of methoxy groups -OCH3 is 2. The molecule has 88 valence electrons. The Morgan fingerprint density at radius 3 is 2.50 bits per heavy atom. The number of halogens is 1. The van der Waals surface area contributed by atoms with E-state index < -0.39 is 12.6 Å². The van der Waals surface area contributed by atoms with Crippen molar-refractivity contribution in [2.75, 3.05) is 20.8 Å². The van der Waals surface area contributed by atoms with Crippen molar-refractivity contribution in [1.29, 1.82) is 0 Å². The number of carboxylic acids is 1. The highest BCUT2D eigenvalue weighted by molar-refractivity contribution is 9.10. The Balaban J connectivity index is 3.07. The van der Waals surface area contributed by atoms with E-state index in [0.29, 0.717) is 21.7 Å². The third-order valence-electron chi connectivity index (χ3n) is 1.79. The van der Waals surface area contributed by atoms with E-state index in [0.717, 1.165) is 0 Å². The number of ether oxygens (including phenoxy) is 3. The highest BCUT2D eigenvalue weighted by Crippen LogP contribution is 2.42. The molecular weight excluding hydrogens is 280 g/mol. The Hall–Kier alpha value is -1.43. The Labute approximate surface area is 101 Å². The molecule has 1 rings (SSSR count). The van der Waals surface area contributed by atoms with E-state index in [1.165, 1.54) is 14.2 Å². The van der Waals surface area contributed by atoms with Crippen LogP contribution in [0.3, 0.4) is 0 Å². The van der Waals surface area contributed by atoms with E-state index in [-0.39, 0.29) is 0 Å². The van der Waals surface area contributed by atoms with Crippen molar-refractivity contribution in [2.45, 2.75) is 0 Å². The van der Waals surface area contributed by atoms with Gasteiger partial charge in [-0.25, -0.2) is 4.79 Å². The molecule has 0 saturated carbocycles. The number of benzene rings is 1. The normalized spacial score (nSPS) is 9.69. The lowest BCUT2D eigenvalue weighted by Gasteiger charge is -2.14. The minimum Gasteiger partial charge on any atom is -0.493 e. The minimum absolute atomic E-state index is 0.309. The van der Waals surface area contributed by atoms with Crippen LogP contribution in [0.5, 0.6) is 17.2 Å². The van der Waals surface area contributed by atoms with Gasteiger partial charge in [-0.1, -0.05) is 0 Å². The van der Waals surface area contributed by atoms with Gasteiger partial charge in [-0.05, 0) is 28.1 Å². The molecule has 1 aromatic carbocycles. The average Bonchev–Trinajstić information content (AvgIpc) is 2.26. The second-order valence-corrected chi connectivity index (χ2v) is 3.65.